The van der Waals surface area contributed by atoms with Gasteiger partial charge in [-0.05, 0) is 12.1 Å². The summed E-state index contributed by atoms with van der Waals surface area (Å²) in [6.07, 6.45) is -11.4. The molecule has 0 saturated carbocycles. The van der Waals surface area contributed by atoms with Crippen LogP contribution >= 0.6 is 0 Å². The molecule has 0 radical (unpaired) electrons. The van der Waals surface area contributed by atoms with Crippen molar-refractivity contribution in [3.63, 3.8) is 0 Å². The van der Waals surface area contributed by atoms with E-state index < -0.39 is 62.2 Å². The van der Waals surface area contributed by atoms with Gasteiger partial charge in [0.2, 0.25) is 0 Å². The van der Waals surface area contributed by atoms with E-state index >= 15 is 0 Å². The van der Waals surface area contributed by atoms with E-state index in [1.807, 2.05) is 6.07 Å². The molecule has 166 valence electrons. The zero-order valence-corrected chi connectivity index (χ0v) is 15.8. The molecule has 0 spiro atoms. The Hall–Kier alpha value is -2.00. The van der Waals surface area contributed by atoms with Crippen molar-refractivity contribution < 1.29 is 45.2 Å². The van der Waals surface area contributed by atoms with Gasteiger partial charge in [0.15, 0.2) is 6.29 Å². The van der Waals surface area contributed by atoms with Gasteiger partial charge in [-0.15, -0.1) is 0 Å². The molecule has 1 saturated heterocycles. The molecular formula is C18H25N3O9. The average Bonchev–Trinajstić information content (AvgIpc) is 3.27. The number of aliphatic hydroxyl groups excluding tert-OH is 7. The zero-order valence-electron chi connectivity index (χ0n) is 15.8. The van der Waals surface area contributed by atoms with Crippen LogP contribution in [0.2, 0.25) is 0 Å². The summed E-state index contributed by atoms with van der Waals surface area (Å²) in [6, 6.07) is 8.83. The van der Waals surface area contributed by atoms with Crippen LogP contribution in [0.3, 0.4) is 0 Å². The predicted octanol–water partition coefficient (Wildman–Crippen LogP) is -3.16. The first-order valence-electron chi connectivity index (χ1n) is 9.28. The maximum atomic E-state index is 10.7. The Labute approximate surface area is 171 Å². The Balaban J connectivity index is 1.80. The van der Waals surface area contributed by atoms with Gasteiger partial charge in [0, 0.05) is 0 Å². The number of hydrogen-bond donors (Lipinski definition) is 7. The molecule has 12 heteroatoms. The van der Waals surface area contributed by atoms with Crippen molar-refractivity contribution >= 4 is 0 Å². The van der Waals surface area contributed by atoms with Crippen LogP contribution in [0.4, 0.5) is 0 Å². The van der Waals surface area contributed by atoms with Crippen LogP contribution in [0.25, 0.3) is 5.69 Å². The molecular weight excluding hydrogens is 402 g/mol. The fourth-order valence-electron chi connectivity index (χ4n) is 3.08. The highest BCUT2D eigenvalue weighted by atomic mass is 16.7. The van der Waals surface area contributed by atoms with Crippen molar-refractivity contribution in [2.24, 2.45) is 0 Å². The van der Waals surface area contributed by atoms with Crippen LogP contribution in [-0.2, 0) is 9.47 Å². The minimum absolute atomic E-state index is 0.000874. The lowest BCUT2D eigenvalue weighted by Crippen LogP contribution is -2.60. The average molecular weight is 427 g/mol. The fraction of sp³-hybridized carbons (Fsp3) is 0.556. The van der Waals surface area contributed by atoms with E-state index in [2.05, 4.69) is 10.2 Å². The van der Waals surface area contributed by atoms with Gasteiger partial charge in [0.1, 0.15) is 48.4 Å². The Kier molecular flexibility index (Phi) is 7.46. The summed E-state index contributed by atoms with van der Waals surface area (Å²) in [5.41, 5.74) is 0.617. The SMILES string of the molecule is OC[C@@H]1O[C@H](O[C@H]([C@@H](O)CO)[C@@H](O)c2cnn(-c3ccccc3)n2)[C@@H](O)[C@H](O)[C@H]1O. The van der Waals surface area contributed by atoms with Crippen LogP contribution in [0.5, 0.6) is 0 Å². The van der Waals surface area contributed by atoms with E-state index in [-0.39, 0.29) is 5.69 Å². The summed E-state index contributed by atoms with van der Waals surface area (Å²) < 4.78 is 10.7. The lowest BCUT2D eigenvalue weighted by atomic mass is 9.99. The van der Waals surface area contributed by atoms with Crippen LogP contribution in [-0.4, -0.2) is 107 Å². The topological polar surface area (TPSA) is 191 Å². The second kappa shape index (κ2) is 9.87. The number of hydrogen-bond acceptors (Lipinski definition) is 11. The summed E-state index contributed by atoms with van der Waals surface area (Å²) >= 11 is 0. The van der Waals surface area contributed by atoms with Crippen LogP contribution < -0.4 is 0 Å². The molecule has 3 rings (SSSR count). The number of para-hydroxylation sites is 1. The number of ether oxygens (including phenoxy) is 2. The summed E-state index contributed by atoms with van der Waals surface area (Å²) in [5, 5.41) is 77.5. The molecule has 0 unspecified atom stereocenters. The lowest BCUT2D eigenvalue weighted by Gasteiger charge is -2.41. The molecule has 1 aromatic carbocycles. The van der Waals surface area contributed by atoms with E-state index in [1.54, 1.807) is 24.3 Å². The third-order valence-electron chi connectivity index (χ3n) is 4.82. The molecule has 0 bridgehead atoms. The molecule has 1 aromatic heterocycles. The third kappa shape index (κ3) is 4.67. The molecule has 2 aromatic rings. The second-order valence-electron chi connectivity index (χ2n) is 6.89. The first-order chi connectivity index (χ1) is 14.4. The van der Waals surface area contributed by atoms with Gasteiger partial charge in [0.05, 0.1) is 25.1 Å². The van der Waals surface area contributed by atoms with Crippen LogP contribution in [0.1, 0.15) is 11.8 Å². The lowest BCUT2D eigenvalue weighted by molar-refractivity contribution is -0.325. The van der Waals surface area contributed by atoms with Gasteiger partial charge in [-0.3, -0.25) is 0 Å². The standard InChI is InChI=1S/C18H25N3O9/c22-7-11(24)17(30-18-16(28)15(27)14(26)12(8-23)29-18)13(25)10-6-19-21(20-10)9-4-2-1-3-5-9/h1-6,11-18,22-28H,7-8H2/t11-,12-,13-,14-,15+,16-,17+,18+/m0/s1. The fourth-order valence-corrected chi connectivity index (χ4v) is 3.08. The Bertz CT molecular complexity index is 790. The van der Waals surface area contributed by atoms with Gasteiger partial charge in [0.25, 0.3) is 0 Å². The minimum atomic E-state index is -1.75. The largest absolute Gasteiger partial charge is 0.394 e. The van der Waals surface area contributed by atoms with E-state index in [9.17, 15) is 35.7 Å². The highest BCUT2D eigenvalue weighted by Gasteiger charge is 2.46. The predicted molar refractivity (Wildman–Crippen MR) is 98.1 cm³/mol. The van der Waals surface area contributed by atoms with Crippen molar-refractivity contribution in [3.05, 3.63) is 42.2 Å². The number of benzene rings is 1. The second-order valence-corrected chi connectivity index (χ2v) is 6.89. The molecule has 30 heavy (non-hydrogen) atoms. The van der Waals surface area contributed by atoms with Crippen LogP contribution in [0, 0.1) is 0 Å². The van der Waals surface area contributed by atoms with Crippen molar-refractivity contribution in [2.75, 3.05) is 13.2 Å². The molecule has 2 heterocycles. The highest BCUT2D eigenvalue weighted by molar-refractivity contribution is 5.28. The number of aromatic nitrogens is 3. The molecule has 1 fully saturated rings. The highest BCUT2D eigenvalue weighted by Crippen LogP contribution is 2.28. The van der Waals surface area contributed by atoms with Gasteiger partial charge >= 0.3 is 0 Å². The van der Waals surface area contributed by atoms with Gasteiger partial charge < -0.3 is 45.2 Å². The normalized spacial score (nSPS) is 30.0. The summed E-state index contributed by atoms with van der Waals surface area (Å²) in [5.74, 6) is 0. The maximum absolute atomic E-state index is 10.7. The van der Waals surface area contributed by atoms with E-state index in [0.29, 0.717) is 5.69 Å². The first kappa shape index (κ1) is 22.7. The van der Waals surface area contributed by atoms with E-state index in [4.69, 9.17) is 9.47 Å². The zero-order chi connectivity index (χ0) is 21.8. The summed E-state index contributed by atoms with van der Waals surface area (Å²) in [7, 11) is 0. The van der Waals surface area contributed by atoms with Crippen molar-refractivity contribution in [1.82, 2.24) is 15.0 Å². The van der Waals surface area contributed by atoms with Gasteiger partial charge in [-0.1, -0.05) is 18.2 Å². The molecule has 0 aliphatic carbocycles. The molecule has 12 nitrogen and oxygen atoms in total. The van der Waals surface area contributed by atoms with E-state index in [1.165, 1.54) is 11.0 Å². The van der Waals surface area contributed by atoms with Crippen molar-refractivity contribution in [1.29, 1.82) is 0 Å². The van der Waals surface area contributed by atoms with Crippen molar-refractivity contribution in [2.45, 2.75) is 49.0 Å². The molecule has 8 atom stereocenters. The molecule has 0 amide bonds. The number of aliphatic hydroxyl groups is 7. The molecule has 1 aliphatic rings. The number of rotatable bonds is 8. The first-order valence-corrected chi connectivity index (χ1v) is 9.28. The van der Waals surface area contributed by atoms with Gasteiger partial charge in [-0.2, -0.15) is 15.0 Å². The molecule has 1 aliphatic heterocycles. The minimum Gasteiger partial charge on any atom is -0.394 e. The van der Waals surface area contributed by atoms with Crippen molar-refractivity contribution in [3.8, 4) is 5.69 Å². The Morgan fingerprint density at radius 1 is 1.03 bits per heavy atom. The maximum Gasteiger partial charge on any atom is 0.187 e. The smallest absolute Gasteiger partial charge is 0.187 e. The number of nitrogens with zero attached hydrogens (tertiary/aromatic N) is 3. The summed E-state index contributed by atoms with van der Waals surface area (Å²) in [4.78, 5) is 1.24. The monoisotopic (exact) mass is 427 g/mol. The molecule has 7 N–H and O–H groups in total. The summed E-state index contributed by atoms with van der Waals surface area (Å²) in [6.45, 7) is -1.47. The van der Waals surface area contributed by atoms with E-state index in [0.717, 1.165) is 0 Å². The van der Waals surface area contributed by atoms with Crippen LogP contribution in [0.15, 0.2) is 36.5 Å². The third-order valence-corrected chi connectivity index (χ3v) is 4.82. The quantitative estimate of drug-likeness (QED) is 0.225. The Morgan fingerprint density at radius 3 is 2.37 bits per heavy atom. The van der Waals surface area contributed by atoms with Gasteiger partial charge in [-0.25, -0.2) is 0 Å². The Morgan fingerprint density at radius 2 is 1.73 bits per heavy atom.